The van der Waals surface area contributed by atoms with Crippen molar-refractivity contribution in [3.05, 3.63) is 0 Å². The van der Waals surface area contributed by atoms with Gasteiger partial charge in [-0.15, -0.1) is 0 Å². The van der Waals surface area contributed by atoms with E-state index in [0.717, 1.165) is 12.8 Å². The lowest BCUT2D eigenvalue weighted by Crippen LogP contribution is -2.20. The predicted molar refractivity (Wildman–Crippen MR) is 78.8 cm³/mol. The quantitative estimate of drug-likeness (QED) is 0.409. The Morgan fingerprint density at radius 3 is 1.74 bits per heavy atom. The van der Waals surface area contributed by atoms with Gasteiger partial charge < -0.3 is 4.74 Å². The summed E-state index contributed by atoms with van der Waals surface area (Å²) >= 11 is 0. The number of unbranched alkanes of at least 4 members (excludes halogenated alkanes) is 9. The molecule has 0 aliphatic heterocycles. The minimum absolute atomic E-state index is 0.400. The van der Waals surface area contributed by atoms with E-state index in [-0.39, 0.29) is 0 Å². The molecule has 1 N–H and O–H groups in total. The van der Waals surface area contributed by atoms with Crippen molar-refractivity contribution < 1.29 is 17.7 Å². The van der Waals surface area contributed by atoms with Crippen LogP contribution in [0.15, 0.2) is 0 Å². The lowest BCUT2D eigenvalue weighted by molar-refractivity contribution is 0.106. The fraction of sp³-hybridized carbons (Fsp3) is 1.00. The van der Waals surface area contributed by atoms with E-state index in [0.29, 0.717) is 6.61 Å². The summed E-state index contributed by atoms with van der Waals surface area (Å²) in [6.45, 7) is 3.98. The van der Waals surface area contributed by atoms with Crippen LogP contribution in [0.5, 0.6) is 0 Å². The van der Waals surface area contributed by atoms with Crippen molar-refractivity contribution in [1.29, 1.82) is 0 Å². The van der Waals surface area contributed by atoms with Crippen molar-refractivity contribution in [1.82, 2.24) is 0 Å². The lowest BCUT2D eigenvalue weighted by atomic mass is 10.1. The highest BCUT2D eigenvalue weighted by Crippen LogP contribution is 2.11. The van der Waals surface area contributed by atoms with Gasteiger partial charge in [0.2, 0.25) is 0 Å². The van der Waals surface area contributed by atoms with E-state index >= 15 is 0 Å². The third-order valence-corrected chi connectivity index (χ3v) is 4.24. The molecule has 0 aromatic carbocycles. The molecule has 5 heteroatoms. The molecule has 19 heavy (non-hydrogen) atoms. The number of hydrogen-bond acceptors (Lipinski definition) is 3. The minimum Gasteiger partial charge on any atom is -0.360 e. The maximum absolute atomic E-state index is 10.7. The van der Waals surface area contributed by atoms with Gasteiger partial charge in [-0.05, 0) is 13.3 Å². The summed E-state index contributed by atoms with van der Waals surface area (Å²) in [4.78, 5) is 0. The topological polar surface area (TPSA) is 63.6 Å². The molecule has 0 aliphatic carbocycles. The van der Waals surface area contributed by atoms with Gasteiger partial charge in [-0.2, -0.15) is 8.42 Å². The van der Waals surface area contributed by atoms with Crippen LogP contribution in [-0.2, 0) is 14.9 Å². The Balaban J connectivity index is 3.19. The van der Waals surface area contributed by atoms with Gasteiger partial charge in [-0.1, -0.05) is 64.7 Å². The summed E-state index contributed by atoms with van der Waals surface area (Å²) in [6.07, 6.45) is 12.3. The van der Waals surface area contributed by atoms with Gasteiger partial charge in [0.05, 0.1) is 0 Å². The first kappa shape index (κ1) is 18.9. The Kier molecular flexibility index (Phi) is 11.6. The molecular formula is C14H30O4S. The van der Waals surface area contributed by atoms with Crippen LogP contribution < -0.4 is 0 Å². The maximum atomic E-state index is 10.7. The Labute approximate surface area is 118 Å². The van der Waals surface area contributed by atoms with Crippen LogP contribution in [0.3, 0.4) is 0 Å². The first-order chi connectivity index (χ1) is 8.98. The van der Waals surface area contributed by atoms with E-state index in [2.05, 4.69) is 6.92 Å². The molecule has 0 heterocycles. The Bertz CT molecular complexity index is 288. The van der Waals surface area contributed by atoms with Crippen molar-refractivity contribution in [2.24, 2.45) is 0 Å². The molecule has 0 rings (SSSR count). The average Bonchev–Trinajstić information content (AvgIpc) is 2.34. The Morgan fingerprint density at radius 2 is 1.32 bits per heavy atom. The largest absolute Gasteiger partial charge is 0.360 e. The third-order valence-electron chi connectivity index (χ3n) is 3.27. The van der Waals surface area contributed by atoms with Crippen LogP contribution in [0.25, 0.3) is 0 Å². The van der Waals surface area contributed by atoms with E-state index in [1.807, 2.05) is 0 Å². The highest BCUT2D eigenvalue weighted by atomic mass is 32.2. The van der Waals surface area contributed by atoms with Crippen molar-refractivity contribution in [3.8, 4) is 0 Å². The van der Waals surface area contributed by atoms with Crippen LogP contribution in [0.4, 0.5) is 0 Å². The van der Waals surface area contributed by atoms with Crippen molar-refractivity contribution in [2.45, 2.75) is 83.5 Å². The van der Waals surface area contributed by atoms with E-state index in [1.54, 1.807) is 0 Å². The molecule has 1 atom stereocenters. The summed E-state index contributed by atoms with van der Waals surface area (Å²) in [6, 6.07) is 0. The van der Waals surface area contributed by atoms with Gasteiger partial charge in [-0.25, -0.2) is 0 Å². The van der Waals surface area contributed by atoms with Crippen molar-refractivity contribution >= 4 is 10.1 Å². The minimum atomic E-state index is -4.04. The van der Waals surface area contributed by atoms with Crippen LogP contribution in [0, 0.1) is 0 Å². The molecule has 0 aromatic rings. The molecule has 0 saturated carbocycles. The van der Waals surface area contributed by atoms with E-state index < -0.39 is 15.6 Å². The summed E-state index contributed by atoms with van der Waals surface area (Å²) in [7, 11) is -4.04. The van der Waals surface area contributed by atoms with Crippen LogP contribution >= 0.6 is 0 Å². The van der Waals surface area contributed by atoms with Gasteiger partial charge in [0, 0.05) is 6.61 Å². The molecule has 0 saturated heterocycles. The van der Waals surface area contributed by atoms with Crippen LogP contribution in [-0.4, -0.2) is 25.0 Å². The van der Waals surface area contributed by atoms with Crippen LogP contribution in [0.1, 0.15) is 78.1 Å². The lowest BCUT2D eigenvalue weighted by Gasteiger charge is -2.09. The zero-order chi connectivity index (χ0) is 14.6. The highest BCUT2D eigenvalue weighted by molar-refractivity contribution is 7.86. The molecule has 0 radical (unpaired) electrons. The van der Waals surface area contributed by atoms with Crippen LogP contribution in [0.2, 0.25) is 0 Å². The summed E-state index contributed by atoms with van der Waals surface area (Å²) in [5.41, 5.74) is -1.11. The van der Waals surface area contributed by atoms with E-state index in [9.17, 15) is 8.42 Å². The second kappa shape index (κ2) is 11.7. The smallest absolute Gasteiger partial charge is 0.291 e. The first-order valence-electron chi connectivity index (χ1n) is 7.56. The molecule has 0 amide bonds. The molecule has 0 bridgehead atoms. The first-order valence-corrected chi connectivity index (χ1v) is 9.06. The number of hydrogen-bond donors (Lipinski definition) is 1. The molecule has 1 unspecified atom stereocenters. The Morgan fingerprint density at radius 1 is 0.895 bits per heavy atom. The fourth-order valence-corrected chi connectivity index (χ4v) is 2.19. The number of rotatable bonds is 13. The maximum Gasteiger partial charge on any atom is 0.291 e. The van der Waals surface area contributed by atoms with Gasteiger partial charge in [0.15, 0.2) is 5.44 Å². The van der Waals surface area contributed by atoms with Gasteiger partial charge in [-0.3, -0.25) is 4.55 Å². The second-order valence-electron chi connectivity index (χ2n) is 5.14. The molecule has 0 fully saturated rings. The molecule has 0 aromatic heterocycles. The number of ether oxygens (including phenoxy) is 1. The molecule has 0 spiro atoms. The SMILES string of the molecule is CCCCCCCCCCCCOC(C)S(=O)(=O)O. The monoisotopic (exact) mass is 294 g/mol. The van der Waals surface area contributed by atoms with E-state index in [1.165, 1.54) is 58.3 Å². The average molecular weight is 294 g/mol. The highest BCUT2D eigenvalue weighted by Gasteiger charge is 2.16. The standard InChI is InChI=1S/C14H30O4S/c1-3-4-5-6-7-8-9-10-11-12-13-18-14(2)19(15,16)17/h14H,3-13H2,1-2H3,(H,15,16,17). The zero-order valence-electron chi connectivity index (χ0n) is 12.4. The second-order valence-corrected chi connectivity index (χ2v) is 6.83. The molecular weight excluding hydrogens is 264 g/mol. The van der Waals surface area contributed by atoms with Gasteiger partial charge in [0.1, 0.15) is 0 Å². The molecule has 0 aliphatic rings. The van der Waals surface area contributed by atoms with E-state index in [4.69, 9.17) is 9.29 Å². The third kappa shape index (κ3) is 12.6. The summed E-state index contributed by atoms with van der Waals surface area (Å²) in [5, 5.41) is 0. The summed E-state index contributed by atoms with van der Waals surface area (Å²) in [5.74, 6) is 0. The van der Waals surface area contributed by atoms with Crippen molar-refractivity contribution in [2.75, 3.05) is 6.61 Å². The molecule has 116 valence electrons. The summed E-state index contributed by atoms with van der Waals surface area (Å²) < 4.78 is 35.1. The molecule has 4 nitrogen and oxygen atoms in total. The Hall–Kier alpha value is -0.130. The normalized spacial score (nSPS) is 13.6. The van der Waals surface area contributed by atoms with Crippen molar-refractivity contribution in [3.63, 3.8) is 0 Å². The zero-order valence-corrected chi connectivity index (χ0v) is 13.3. The predicted octanol–water partition coefficient (Wildman–Crippen LogP) is 4.16. The van der Waals surface area contributed by atoms with Gasteiger partial charge >= 0.3 is 0 Å². The fourth-order valence-electron chi connectivity index (χ4n) is 1.92. The van der Waals surface area contributed by atoms with Gasteiger partial charge in [0.25, 0.3) is 10.1 Å².